The standard InChI is InChI=1S/C22H21NO6S/c1-13(24)23-18-8-14(4-7-21(18)30-3)19(25)12-29-22(26)9-15-11-28-20-10-16(27-2)5-6-17(15)20/h4-8,10-11H,9,12H2,1-3H3,(H,23,24). The van der Waals surface area contributed by atoms with Crippen LogP contribution in [0.1, 0.15) is 22.8 Å². The lowest BCUT2D eigenvalue weighted by Crippen LogP contribution is -2.16. The van der Waals surface area contributed by atoms with Crippen molar-refractivity contribution in [3.63, 3.8) is 0 Å². The fourth-order valence-electron chi connectivity index (χ4n) is 2.93. The van der Waals surface area contributed by atoms with Gasteiger partial charge in [-0.15, -0.1) is 11.8 Å². The van der Waals surface area contributed by atoms with Gasteiger partial charge in [-0.1, -0.05) is 6.07 Å². The van der Waals surface area contributed by atoms with Gasteiger partial charge < -0.3 is 19.2 Å². The molecule has 1 aromatic heterocycles. The maximum absolute atomic E-state index is 12.4. The van der Waals surface area contributed by atoms with Crippen LogP contribution in [0.5, 0.6) is 5.75 Å². The molecule has 156 valence electrons. The summed E-state index contributed by atoms with van der Waals surface area (Å²) >= 11 is 1.45. The molecule has 0 aliphatic heterocycles. The van der Waals surface area contributed by atoms with Crippen LogP contribution in [0.4, 0.5) is 5.69 Å². The zero-order valence-electron chi connectivity index (χ0n) is 16.8. The Kier molecular flexibility index (Phi) is 6.79. The first-order valence-electron chi connectivity index (χ1n) is 9.10. The Hall–Kier alpha value is -3.26. The first-order chi connectivity index (χ1) is 14.4. The van der Waals surface area contributed by atoms with Crippen molar-refractivity contribution >= 4 is 46.1 Å². The summed E-state index contributed by atoms with van der Waals surface area (Å²) in [6, 6.07) is 10.3. The van der Waals surface area contributed by atoms with Crippen molar-refractivity contribution < 1.29 is 28.3 Å². The molecular formula is C22H21NO6S. The molecule has 3 aromatic rings. The first kappa shape index (κ1) is 21.4. The normalized spacial score (nSPS) is 10.6. The number of benzene rings is 2. The predicted molar refractivity (Wildman–Crippen MR) is 114 cm³/mol. The van der Waals surface area contributed by atoms with Gasteiger partial charge in [0, 0.05) is 34.4 Å². The highest BCUT2D eigenvalue weighted by Gasteiger charge is 2.16. The molecular weight excluding hydrogens is 406 g/mol. The third-order valence-electron chi connectivity index (χ3n) is 4.39. The highest BCUT2D eigenvalue weighted by molar-refractivity contribution is 7.98. The molecule has 0 saturated heterocycles. The van der Waals surface area contributed by atoms with E-state index in [1.165, 1.54) is 24.9 Å². The van der Waals surface area contributed by atoms with Crippen LogP contribution in [0.15, 0.2) is 52.0 Å². The molecule has 1 heterocycles. The molecule has 0 bridgehead atoms. The number of thioether (sulfide) groups is 1. The number of carbonyl (C=O) groups is 3. The number of esters is 1. The summed E-state index contributed by atoms with van der Waals surface area (Å²) in [5, 5.41) is 3.48. The minimum absolute atomic E-state index is 0.0187. The lowest BCUT2D eigenvalue weighted by Gasteiger charge is -2.10. The van der Waals surface area contributed by atoms with Crippen LogP contribution in [-0.4, -0.2) is 37.6 Å². The molecule has 1 N–H and O–H groups in total. The molecule has 7 nitrogen and oxygen atoms in total. The second kappa shape index (κ2) is 9.49. The van der Waals surface area contributed by atoms with E-state index < -0.39 is 5.97 Å². The van der Waals surface area contributed by atoms with E-state index in [0.717, 1.165) is 10.3 Å². The summed E-state index contributed by atoms with van der Waals surface area (Å²) < 4.78 is 15.8. The van der Waals surface area contributed by atoms with E-state index in [2.05, 4.69) is 5.32 Å². The number of rotatable bonds is 8. The number of furan rings is 1. The number of fused-ring (bicyclic) bond motifs is 1. The molecule has 0 fully saturated rings. The topological polar surface area (TPSA) is 94.8 Å². The minimum Gasteiger partial charge on any atom is -0.497 e. The van der Waals surface area contributed by atoms with E-state index in [0.29, 0.717) is 28.1 Å². The fourth-order valence-corrected chi connectivity index (χ4v) is 3.47. The van der Waals surface area contributed by atoms with Crippen LogP contribution in [0.3, 0.4) is 0 Å². The molecule has 0 saturated carbocycles. The van der Waals surface area contributed by atoms with Gasteiger partial charge in [-0.2, -0.15) is 0 Å². The van der Waals surface area contributed by atoms with E-state index in [4.69, 9.17) is 13.9 Å². The van der Waals surface area contributed by atoms with Gasteiger partial charge in [-0.05, 0) is 30.5 Å². The lowest BCUT2D eigenvalue weighted by molar-refractivity contribution is -0.141. The van der Waals surface area contributed by atoms with Crippen molar-refractivity contribution in [3.05, 3.63) is 53.8 Å². The van der Waals surface area contributed by atoms with Gasteiger partial charge in [0.1, 0.15) is 11.3 Å². The molecule has 8 heteroatoms. The number of hydrogen-bond acceptors (Lipinski definition) is 7. The molecule has 2 aromatic carbocycles. The van der Waals surface area contributed by atoms with E-state index in [1.807, 2.05) is 12.3 Å². The fraction of sp³-hybridized carbons (Fsp3) is 0.227. The molecule has 3 rings (SSSR count). The Balaban J connectivity index is 1.63. The number of amides is 1. The number of carbonyl (C=O) groups excluding carboxylic acids is 3. The number of ketones is 1. The number of nitrogens with one attached hydrogen (secondary N) is 1. The largest absolute Gasteiger partial charge is 0.497 e. The van der Waals surface area contributed by atoms with Gasteiger partial charge in [0.2, 0.25) is 5.91 Å². The van der Waals surface area contributed by atoms with Crippen molar-refractivity contribution in [2.75, 3.05) is 25.3 Å². The number of Topliss-reactive ketones (excluding diaryl/α,β-unsaturated/α-hetero) is 1. The van der Waals surface area contributed by atoms with Gasteiger partial charge in [-0.3, -0.25) is 14.4 Å². The van der Waals surface area contributed by atoms with Crippen molar-refractivity contribution in [1.29, 1.82) is 0 Å². The number of hydrogen-bond donors (Lipinski definition) is 1. The van der Waals surface area contributed by atoms with Crippen molar-refractivity contribution in [2.24, 2.45) is 0 Å². The van der Waals surface area contributed by atoms with E-state index in [9.17, 15) is 14.4 Å². The molecule has 0 aliphatic rings. The quantitative estimate of drug-likeness (QED) is 0.329. The van der Waals surface area contributed by atoms with Crippen molar-refractivity contribution in [1.82, 2.24) is 0 Å². The Morgan fingerprint density at radius 1 is 1.13 bits per heavy atom. The number of methoxy groups -OCH3 is 1. The molecule has 0 radical (unpaired) electrons. The SMILES string of the molecule is COc1ccc2c(CC(=O)OCC(=O)c3ccc(SC)c(NC(C)=O)c3)coc2c1. The zero-order chi connectivity index (χ0) is 21.7. The Morgan fingerprint density at radius 3 is 2.63 bits per heavy atom. The molecule has 0 atom stereocenters. The summed E-state index contributed by atoms with van der Waals surface area (Å²) in [5.74, 6) is -0.469. The number of anilines is 1. The highest BCUT2D eigenvalue weighted by atomic mass is 32.2. The smallest absolute Gasteiger partial charge is 0.310 e. The van der Waals surface area contributed by atoms with Gasteiger partial charge in [0.15, 0.2) is 12.4 Å². The van der Waals surface area contributed by atoms with Crippen LogP contribution in [0, 0.1) is 0 Å². The summed E-state index contributed by atoms with van der Waals surface area (Å²) in [5.41, 5.74) is 2.17. The zero-order valence-corrected chi connectivity index (χ0v) is 17.6. The van der Waals surface area contributed by atoms with Gasteiger partial charge in [0.25, 0.3) is 0 Å². The molecule has 0 spiro atoms. The van der Waals surface area contributed by atoms with E-state index >= 15 is 0 Å². The molecule has 0 unspecified atom stereocenters. The van der Waals surface area contributed by atoms with Crippen LogP contribution < -0.4 is 10.1 Å². The van der Waals surface area contributed by atoms with E-state index in [-0.39, 0.29) is 24.7 Å². The Labute approximate surface area is 177 Å². The van der Waals surface area contributed by atoms with Gasteiger partial charge in [-0.25, -0.2) is 0 Å². The molecule has 30 heavy (non-hydrogen) atoms. The average molecular weight is 427 g/mol. The van der Waals surface area contributed by atoms with Crippen molar-refractivity contribution in [2.45, 2.75) is 18.2 Å². The first-order valence-corrected chi connectivity index (χ1v) is 10.3. The number of ether oxygens (including phenoxy) is 2. The Bertz CT molecular complexity index is 1100. The maximum Gasteiger partial charge on any atom is 0.310 e. The maximum atomic E-state index is 12.4. The van der Waals surface area contributed by atoms with Crippen LogP contribution >= 0.6 is 11.8 Å². The second-order valence-electron chi connectivity index (χ2n) is 6.48. The average Bonchev–Trinajstić information content (AvgIpc) is 3.13. The summed E-state index contributed by atoms with van der Waals surface area (Å²) in [6.45, 7) is 1.01. The van der Waals surface area contributed by atoms with Crippen LogP contribution in [0.2, 0.25) is 0 Å². The summed E-state index contributed by atoms with van der Waals surface area (Å²) in [4.78, 5) is 36.9. The van der Waals surface area contributed by atoms with Crippen LogP contribution in [0.25, 0.3) is 11.0 Å². The van der Waals surface area contributed by atoms with Gasteiger partial charge >= 0.3 is 5.97 Å². The minimum atomic E-state index is -0.537. The molecule has 1 amide bonds. The summed E-state index contributed by atoms with van der Waals surface area (Å²) in [7, 11) is 1.56. The third-order valence-corrected chi connectivity index (χ3v) is 5.19. The monoisotopic (exact) mass is 427 g/mol. The van der Waals surface area contributed by atoms with Crippen molar-refractivity contribution in [3.8, 4) is 5.75 Å². The lowest BCUT2D eigenvalue weighted by atomic mass is 10.1. The van der Waals surface area contributed by atoms with Crippen LogP contribution in [-0.2, 0) is 20.7 Å². The Morgan fingerprint density at radius 2 is 1.93 bits per heavy atom. The van der Waals surface area contributed by atoms with Gasteiger partial charge in [0.05, 0.1) is 25.5 Å². The highest BCUT2D eigenvalue weighted by Crippen LogP contribution is 2.27. The molecule has 0 aliphatic carbocycles. The summed E-state index contributed by atoms with van der Waals surface area (Å²) in [6.07, 6.45) is 3.35. The second-order valence-corrected chi connectivity index (χ2v) is 7.33. The predicted octanol–water partition coefficient (Wildman–Crippen LogP) is 4.09. The van der Waals surface area contributed by atoms with E-state index in [1.54, 1.807) is 37.4 Å². The third kappa shape index (κ3) is 5.01.